The van der Waals surface area contributed by atoms with Crippen LogP contribution in [0, 0.1) is 0 Å². The molecule has 0 radical (unpaired) electrons. The van der Waals surface area contributed by atoms with Gasteiger partial charge in [-0.25, -0.2) is 0 Å². The van der Waals surface area contributed by atoms with Crippen molar-refractivity contribution in [2.24, 2.45) is 0 Å². The van der Waals surface area contributed by atoms with E-state index in [4.69, 9.17) is 21.7 Å². The predicted octanol–water partition coefficient (Wildman–Crippen LogP) is 4.84. The predicted molar refractivity (Wildman–Crippen MR) is 150 cm³/mol. The molecule has 3 N–H and O–H groups in total. The first-order valence-corrected chi connectivity index (χ1v) is 12.4. The van der Waals surface area contributed by atoms with Crippen molar-refractivity contribution in [1.82, 2.24) is 16.2 Å². The standard InChI is InChI=1S/C30H27N3O4S/c34-28(24-15-7-9-17-26(24)36-20-19-22-11-3-1-4-12-22)31-30(38)33-32-29(35)25-16-8-10-18-27(25)37-21-23-13-5-2-6-14-23/h1-18H,19-21H2,(H,32,35)(H2,31,33,34,38). The van der Waals surface area contributed by atoms with Crippen LogP contribution in [0.15, 0.2) is 109 Å². The molecule has 4 aromatic rings. The van der Waals surface area contributed by atoms with Crippen LogP contribution in [0.3, 0.4) is 0 Å². The average molecular weight is 526 g/mol. The lowest BCUT2D eigenvalue weighted by Crippen LogP contribution is -2.48. The van der Waals surface area contributed by atoms with Gasteiger partial charge in [-0.05, 0) is 47.6 Å². The van der Waals surface area contributed by atoms with Crippen molar-refractivity contribution in [2.75, 3.05) is 6.61 Å². The first-order valence-electron chi connectivity index (χ1n) is 12.0. The molecule has 0 unspecified atom stereocenters. The molecule has 0 bridgehead atoms. The topological polar surface area (TPSA) is 88.7 Å². The second-order valence-corrected chi connectivity index (χ2v) is 8.62. The Labute approximate surface area is 226 Å². The molecule has 0 saturated carbocycles. The van der Waals surface area contributed by atoms with E-state index in [0.29, 0.717) is 42.3 Å². The number of thiocarbonyl (C=S) groups is 1. The van der Waals surface area contributed by atoms with E-state index < -0.39 is 11.8 Å². The minimum Gasteiger partial charge on any atom is -0.492 e. The molecule has 0 aliphatic heterocycles. The van der Waals surface area contributed by atoms with Gasteiger partial charge in [-0.1, -0.05) is 84.9 Å². The van der Waals surface area contributed by atoms with Gasteiger partial charge in [0.25, 0.3) is 11.8 Å². The lowest BCUT2D eigenvalue weighted by Gasteiger charge is -2.15. The van der Waals surface area contributed by atoms with Crippen molar-refractivity contribution in [3.05, 3.63) is 131 Å². The summed E-state index contributed by atoms with van der Waals surface area (Å²) in [6, 6.07) is 33.4. The van der Waals surface area contributed by atoms with Gasteiger partial charge in [0.15, 0.2) is 5.11 Å². The van der Waals surface area contributed by atoms with Crippen LogP contribution < -0.4 is 25.6 Å². The highest BCUT2D eigenvalue weighted by Gasteiger charge is 2.16. The van der Waals surface area contributed by atoms with Crippen LogP contribution in [0.5, 0.6) is 11.5 Å². The van der Waals surface area contributed by atoms with E-state index in [2.05, 4.69) is 16.2 Å². The Hall–Kier alpha value is -4.69. The van der Waals surface area contributed by atoms with E-state index >= 15 is 0 Å². The van der Waals surface area contributed by atoms with Gasteiger partial charge in [-0.15, -0.1) is 0 Å². The summed E-state index contributed by atoms with van der Waals surface area (Å²) >= 11 is 5.21. The van der Waals surface area contributed by atoms with Crippen molar-refractivity contribution in [3.8, 4) is 11.5 Å². The molecular weight excluding hydrogens is 498 g/mol. The molecule has 2 amide bonds. The van der Waals surface area contributed by atoms with Crippen LogP contribution in [0.1, 0.15) is 31.8 Å². The van der Waals surface area contributed by atoms with Crippen LogP contribution in [0.2, 0.25) is 0 Å². The van der Waals surface area contributed by atoms with Gasteiger partial charge in [0.05, 0.1) is 17.7 Å². The van der Waals surface area contributed by atoms with E-state index in [1.165, 1.54) is 0 Å². The first-order chi connectivity index (χ1) is 18.6. The number of rotatable bonds is 9. The molecule has 8 heteroatoms. The van der Waals surface area contributed by atoms with Gasteiger partial charge in [-0.3, -0.25) is 25.8 Å². The molecule has 0 atom stereocenters. The van der Waals surface area contributed by atoms with Crippen LogP contribution >= 0.6 is 12.2 Å². The van der Waals surface area contributed by atoms with Crippen LogP contribution in [-0.2, 0) is 13.0 Å². The average Bonchev–Trinajstić information content (AvgIpc) is 2.96. The summed E-state index contributed by atoms with van der Waals surface area (Å²) < 4.78 is 11.7. The van der Waals surface area contributed by atoms with Gasteiger partial charge >= 0.3 is 0 Å². The molecule has 0 heterocycles. The Bertz CT molecular complexity index is 1380. The zero-order valence-electron chi connectivity index (χ0n) is 20.6. The minimum absolute atomic E-state index is 0.0647. The summed E-state index contributed by atoms with van der Waals surface area (Å²) in [5, 5.41) is 2.50. The number of amides is 2. The molecule has 0 spiro atoms. The molecule has 7 nitrogen and oxygen atoms in total. The molecule has 192 valence electrons. The summed E-state index contributed by atoms with van der Waals surface area (Å²) in [6.45, 7) is 0.735. The number of nitrogens with one attached hydrogen (secondary N) is 3. The van der Waals surface area contributed by atoms with Crippen molar-refractivity contribution in [3.63, 3.8) is 0 Å². The fraction of sp³-hybridized carbons (Fsp3) is 0.100. The van der Waals surface area contributed by atoms with Crippen molar-refractivity contribution in [2.45, 2.75) is 13.0 Å². The number of hydrogen-bond donors (Lipinski definition) is 3. The smallest absolute Gasteiger partial charge is 0.273 e. The highest BCUT2D eigenvalue weighted by atomic mass is 32.1. The van der Waals surface area contributed by atoms with E-state index in [1.807, 2.05) is 60.7 Å². The van der Waals surface area contributed by atoms with Crippen LogP contribution in [0.25, 0.3) is 0 Å². The van der Waals surface area contributed by atoms with Crippen molar-refractivity contribution < 1.29 is 19.1 Å². The largest absolute Gasteiger partial charge is 0.492 e. The zero-order valence-corrected chi connectivity index (χ0v) is 21.4. The molecule has 0 fully saturated rings. The second-order valence-electron chi connectivity index (χ2n) is 8.21. The highest BCUT2D eigenvalue weighted by molar-refractivity contribution is 7.80. The molecule has 4 rings (SSSR count). The third-order valence-corrected chi connectivity index (χ3v) is 5.71. The Morgan fingerprint density at radius 1 is 0.605 bits per heavy atom. The molecule has 0 aliphatic carbocycles. The Balaban J connectivity index is 1.29. The fourth-order valence-corrected chi connectivity index (χ4v) is 3.75. The number of ether oxygens (including phenoxy) is 2. The van der Waals surface area contributed by atoms with E-state index in [-0.39, 0.29) is 5.11 Å². The molecule has 0 aromatic heterocycles. The summed E-state index contributed by atoms with van der Waals surface area (Å²) in [5.74, 6) is -0.0574. The quantitative estimate of drug-likeness (QED) is 0.214. The normalized spacial score (nSPS) is 10.2. The third kappa shape index (κ3) is 7.65. The molecule has 38 heavy (non-hydrogen) atoms. The van der Waals surface area contributed by atoms with E-state index in [9.17, 15) is 9.59 Å². The van der Waals surface area contributed by atoms with Gasteiger partial charge in [0.2, 0.25) is 0 Å². The number of benzene rings is 4. The second kappa shape index (κ2) is 13.6. The maximum atomic E-state index is 12.8. The fourth-order valence-electron chi connectivity index (χ4n) is 3.60. The van der Waals surface area contributed by atoms with Gasteiger partial charge < -0.3 is 9.47 Å². The van der Waals surface area contributed by atoms with E-state index in [1.54, 1.807) is 48.5 Å². The van der Waals surface area contributed by atoms with Gasteiger partial charge in [-0.2, -0.15) is 0 Å². The summed E-state index contributed by atoms with van der Waals surface area (Å²) in [5.41, 5.74) is 7.85. The summed E-state index contributed by atoms with van der Waals surface area (Å²) in [7, 11) is 0. The maximum Gasteiger partial charge on any atom is 0.273 e. The van der Waals surface area contributed by atoms with Gasteiger partial charge in [0, 0.05) is 6.42 Å². The summed E-state index contributed by atoms with van der Waals surface area (Å²) in [6.07, 6.45) is 0.708. The lowest BCUT2D eigenvalue weighted by atomic mass is 10.1. The Morgan fingerprint density at radius 3 is 1.79 bits per heavy atom. The Kier molecular flexibility index (Phi) is 9.42. The van der Waals surface area contributed by atoms with Gasteiger partial charge in [0.1, 0.15) is 18.1 Å². The lowest BCUT2D eigenvalue weighted by molar-refractivity contribution is 0.0930. The van der Waals surface area contributed by atoms with E-state index in [0.717, 1.165) is 11.1 Å². The molecular formula is C30H27N3O4S. The first kappa shape index (κ1) is 26.4. The number of para-hydroxylation sites is 2. The molecule has 4 aromatic carbocycles. The van der Waals surface area contributed by atoms with Crippen LogP contribution in [-0.4, -0.2) is 23.5 Å². The third-order valence-electron chi connectivity index (χ3n) is 5.51. The number of hydrogen-bond acceptors (Lipinski definition) is 5. The highest BCUT2D eigenvalue weighted by Crippen LogP contribution is 2.20. The summed E-state index contributed by atoms with van der Waals surface area (Å²) in [4.78, 5) is 25.6. The number of carbonyl (C=O) groups is 2. The molecule has 0 saturated heterocycles. The van der Waals surface area contributed by atoms with Crippen molar-refractivity contribution in [1.29, 1.82) is 0 Å². The maximum absolute atomic E-state index is 12.8. The number of hydrazine groups is 1. The number of carbonyl (C=O) groups excluding carboxylic acids is 2. The monoisotopic (exact) mass is 525 g/mol. The SMILES string of the molecule is O=C(NNC(=S)NC(=O)c1ccccc1OCCc1ccccc1)c1ccccc1OCc1ccccc1. The Morgan fingerprint density at radius 2 is 1.13 bits per heavy atom. The zero-order chi connectivity index (χ0) is 26.6. The van der Waals surface area contributed by atoms with Crippen LogP contribution in [0.4, 0.5) is 0 Å². The van der Waals surface area contributed by atoms with Crippen molar-refractivity contribution >= 4 is 29.1 Å². The molecule has 0 aliphatic rings. The minimum atomic E-state index is -0.463.